The summed E-state index contributed by atoms with van der Waals surface area (Å²) >= 11 is 7.61. The highest BCUT2D eigenvalue weighted by atomic mass is 35.5. The van der Waals surface area contributed by atoms with Gasteiger partial charge in [0.1, 0.15) is 10.6 Å². The molecule has 0 aliphatic rings. The van der Waals surface area contributed by atoms with Crippen molar-refractivity contribution in [3.05, 3.63) is 75.1 Å². The highest BCUT2D eigenvalue weighted by Gasteiger charge is 2.19. The van der Waals surface area contributed by atoms with Gasteiger partial charge in [-0.3, -0.25) is 15.1 Å². The third-order valence-corrected chi connectivity index (χ3v) is 5.64. The molecule has 0 fully saturated rings. The first-order valence-electron chi connectivity index (χ1n) is 8.82. The number of thiophene rings is 1. The Morgan fingerprint density at radius 1 is 1.21 bits per heavy atom. The minimum absolute atomic E-state index is 0.0457. The second-order valence-corrected chi connectivity index (χ2v) is 7.68. The Labute approximate surface area is 175 Å². The first-order chi connectivity index (χ1) is 14.0. The van der Waals surface area contributed by atoms with Crippen LogP contribution in [0.1, 0.15) is 5.56 Å². The Kier molecular flexibility index (Phi) is 5.37. The lowest BCUT2D eigenvalue weighted by Crippen LogP contribution is -2.22. The molecule has 1 aromatic carbocycles. The minimum Gasteiger partial charge on any atom is -0.359 e. The quantitative estimate of drug-likeness (QED) is 0.245. The van der Waals surface area contributed by atoms with Gasteiger partial charge in [-0.2, -0.15) is 4.98 Å². The molecular weight excluding hydrogens is 410 g/mol. The predicted octanol–water partition coefficient (Wildman–Crippen LogP) is 4.99. The summed E-state index contributed by atoms with van der Waals surface area (Å²) in [6.45, 7) is 0.719. The van der Waals surface area contributed by atoms with Crippen molar-refractivity contribution < 1.29 is 4.92 Å². The average Bonchev–Trinajstić information content (AvgIpc) is 3.16. The van der Waals surface area contributed by atoms with E-state index >= 15 is 0 Å². The molecule has 3 aromatic heterocycles. The Bertz CT molecular complexity index is 1180. The molecule has 0 N–H and O–H groups in total. The van der Waals surface area contributed by atoms with E-state index in [0.717, 1.165) is 34.3 Å². The molecule has 7 nitrogen and oxygen atoms in total. The molecule has 0 aliphatic carbocycles. The molecular formula is C20H16ClN5O2S. The molecule has 4 rings (SSSR count). The summed E-state index contributed by atoms with van der Waals surface area (Å²) in [5.41, 5.74) is 2.83. The highest BCUT2D eigenvalue weighted by Crippen LogP contribution is 2.39. The zero-order valence-electron chi connectivity index (χ0n) is 15.4. The summed E-state index contributed by atoms with van der Waals surface area (Å²) in [5.74, 6) is 0.705. The van der Waals surface area contributed by atoms with E-state index in [1.54, 1.807) is 24.5 Å². The van der Waals surface area contributed by atoms with Gasteiger partial charge in [0.2, 0.25) is 5.28 Å². The second kappa shape index (κ2) is 8.10. The normalized spacial score (nSPS) is 11.0. The number of nitrogens with zero attached hydrogens (tertiary/aromatic N) is 5. The third-order valence-electron chi connectivity index (χ3n) is 4.60. The van der Waals surface area contributed by atoms with Crippen molar-refractivity contribution in [2.75, 3.05) is 18.5 Å². The van der Waals surface area contributed by atoms with E-state index in [1.807, 2.05) is 35.5 Å². The lowest BCUT2D eigenvalue weighted by molar-refractivity contribution is -0.384. The molecule has 4 aromatic rings. The average molecular weight is 426 g/mol. The van der Waals surface area contributed by atoms with Crippen molar-refractivity contribution in [3.63, 3.8) is 0 Å². The van der Waals surface area contributed by atoms with E-state index in [-0.39, 0.29) is 11.0 Å². The van der Waals surface area contributed by atoms with Crippen molar-refractivity contribution in [2.45, 2.75) is 6.42 Å². The van der Waals surface area contributed by atoms with Crippen molar-refractivity contribution in [3.8, 4) is 11.1 Å². The number of fused-ring (bicyclic) bond motifs is 1. The molecule has 29 heavy (non-hydrogen) atoms. The van der Waals surface area contributed by atoms with E-state index in [2.05, 4.69) is 15.0 Å². The number of anilines is 1. The molecule has 0 amide bonds. The van der Waals surface area contributed by atoms with E-state index in [0.29, 0.717) is 5.82 Å². The summed E-state index contributed by atoms with van der Waals surface area (Å²) in [6, 6.07) is 10.5. The lowest BCUT2D eigenvalue weighted by atomic mass is 10.1. The van der Waals surface area contributed by atoms with Gasteiger partial charge in [0.25, 0.3) is 5.69 Å². The standard InChI is InChI=1S/C20H16ClN5O2S/c1-25(10-7-13-5-8-22-9-6-13)18-17-16(12-29-19(17)24-20(21)23-18)14-3-2-4-15(11-14)26(27)28/h2-6,8-9,11-12H,7,10H2,1H3. The van der Waals surface area contributed by atoms with Crippen LogP contribution in [0.15, 0.2) is 54.2 Å². The van der Waals surface area contributed by atoms with Crippen LogP contribution in [0.25, 0.3) is 21.3 Å². The number of benzene rings is 1. The largest absolute Gasteiger partial charge is 0.359 e. The number of pyridine rings is 1. The smallest absolute Gasteiger partial charge is 0.270 e. The Morgan fingerprint density at radius 3 is 2.76 bits per heavy atom. The maximum absolute atomic E-state index is 11.2. The lowest BCUT2D eigenvalue weighted by Gasteiger charge is -2.20. The van der Waals surface area contributed by atoms with Gasteiger partial charge in [-0.15, -0.1) is 11.3 Å². The Morgan fingerprint density at radius 2 is 2.00 bits per heavy atom. The zero-order valence-corrected chi connectivity index (χ0v) is 17.0. The van der Waals surface area contributed by atoms with Crippen LogP contribution in [0.5, 0.6) is 0 Å². The predicted molar refractivity (Wildman–Crippen MR) is 116 cm³/mol. The maximum atomic E-state index is 11.2. The second-order valence-electron chi connectivity index (χ2n) is 6.48. The van der Waals surface area contributed by atoms with Crippen LogP contribution in [0.2, 0.25) is 5.28 Å². The number of non-ortho nitro benzene ring substituents is 1. The van der Waals surface area contributed by atoms with Crippen molar-refractivity contribution >= 4 is 44.7 Å². The van der Waals surface area contributed by atoms with E-state index in [9.17, 15) is 10.1 Å². The van der Waals surface area contributed by atoms with Gasteiger partial charge in [-0.05, 0) is 41.3 Å². The first-order valence-corrected chi connectivity index (χ1v) is 10.1. The van der Waals surface area contributed by atoms with Gasteiger partial charge < -0.3 is 4.90 Å². The minimum atomic E-state index is -0.396. The van der Waals surface area contributed by atoms with Crippen LogP contribution >= 0.6 is 22.9 Å². The van der Waals surface area contributed by atoms with Crippen molar-refractivity contribution in [1.29, 1.82) is 0 Å². The molecule has 0 aliphatic heterocycles. The summed E-state index contributed by atoms with van der Waals surface area (Å²) < 4.78 is 0. The molecule has 3 heterocycles. The van der Waals surface area contributed by atoms with Crippen molar-refractivity contribution in [2.24, 2.45) is 0 Å². The Hall–Kier alpha value is -3.10. The van der Waals surface area contributed by atoms with Gasteiger partial charge in [-0.1, -0.05) is 12.1 Å². The van der Waals surface area contributed by atoms with Crippen LogP contribution in [0, 0.1) is 10.1 Å². The topological polar surface area (TPSA) is 85.0 Å². The van der Waals surface area contributed by atoms with Gasteiger partial charge >= 0.3 is 0 Å². The highest BCUT2D eigenvalue weighted by molar-refractivity contribution is 7.17. The number of hydrogen-bond acceptors (Lipinski definition) is 7. The van der Waals surface area contributed by atoms with Crippen LogP contribution in [0.3, 0.4) is 0 Å². The fourth-order valence-electron chi connectivity index (χ4n) is 3.13. The molecule has 146 valence electrons. The first kappa shape index (κ1) is 19.2. The monoisotopic (exact) mass is 425 g/mol. The molecule has 0 radical (unpaired) electrons. The van der Waals surface area contributed by atoms with Gasteiger partial charge in [0.15, 0.2) is 0 Å². The summed E-state index contributed by atoms with van der Waals surface area (Å²) in [5, 5.41) is 14.1. The fraction of sp³-hybridized carbons (Fsp3) is 0.150. The molecule has 0 saturated carbocycles. The molecule has 0 unspecified atom stereocenters. The van der Waals surface area contributed by atoms with E-state index < -0.39 is 4.92 Å². The molecule has 9 heteroatoms. The summed E-state index contributed by atoms with van der Waals surface area (Å²) in [4.78, 5) is 26.4. The Balaban J connectivity index is 1.75. The number of halogens is 1. The van der Waals surface area contributed by atoms with Gasteiger partial charge in [0.05, 0.1) is 10.3 Å². The molecule has 0 bridgehead atoms. The van der Waals surface area contributed by atoms with E-state index in [1.165, 1.54) is 23.0 Å². The van der Waals surface area contributed by atoms with Crippen LogP contribution in [-0.2, 0) is 6.42 Å². The van der Waals surface area contributed by atoms with Crippen molar-refractivity contribution in [1.82, 2.24) is 15.0 Å². The van der Waals surface area contributed by atoms with Crippen LogP contribution in [0.4, 0.5) is 11.5 Å². The number of hydrogen-bond donors (Lipinski definition) is 0. The molecule has 0 spiro atoms. The van der Waals surface area contributed by atoms with Crippen LogP contribution < -0.4 is 4.90 Å². The van der Waals surface area contributed by atoms with Gasteiger partial charge in [-0.25, -0.2) is 4.98 Å². The maximum Gasteiger partial charge on any atom is 0.270 e. The van der Waals surface area contributed by atoms with E-state index in [4.69, 9.17) is 11.6 Å². The van der Waals surface area contributed by atoms with Gasteiger partial charge in [0, 0.05) is 49.1 Å². The number of nitro groups is 1. The number of nitro benzene ring substituents is 1. The summed E-state index contributed by atoms with van der Waals surface area (Å²) in [7, 11) is 1.95. The number of rotatable bonds is 6. The van der Waals surface area contributed by atoms with Crippen LogP contribution in [-0.4, -0.2) is 33.5 Å². The SMILES string of the molecule is CN(CCc1ccncc1)c1nc(Cl)nc2scc(-c3cccc([N+](=O)[O-])c3)c12. The molecule has 0 atom stereocenters. The zero-order chi connectivity index (χ0) is 20.4. The summed E-state index contributed by atoms with van der Waals surface area (Å²) in [6.07, 6.45) is 4.36. The number of aromatic nitrogens is 3. The fourth-order valence-corrected chi connectivity index (χ4v) is 4.28. The third kappa shape index (κ3) is 4.03. The number of likely N-dealkylation sites (N-methyl/N-ethyl adjacent to an activating group) is 1. The molecule has 0 saturated heterocycles.